The SMILES string of the molecule is COC(=O)C1CC(C=O)C2C3CC(C(=O)OC3=O)C12. The lowest BCUT2D eigenvalue weighted by Gasteiger charge is -2.22. The summed E-state index contributed by atoms with van der Waals surface area (Å²) in [5, 5.41) is 0. The number of hydrogen-bond acceptors (Lipinski definition) is 6. The minimum atomic E-state index is -0.561. The Bertz CT molecular complexity index is 470. The van der Waals surface area contributed by atoms with Crippen molar-refractivity contribution in [1.82, 2.24) is 0 Å². The van der Waals surface area contributed by atoms with Crippen molar-refractivity contribution < 1.29 is 28.7 Å². The van der Waals surface area contributed by atoms with Crippen LogP contribution in [0.2, 0.25) is 0 Å². The van der Waals surface area contributed by atoms with E-state index in [4.69, 9.17) is 9.47 Å². The van der Waals surface area contributed by atoms with Crippen LogP contribution < -0.4 is 0 Å². The van der Waals surface area contributed by atoms with Gasteiger partial charge in [0.15, 0.2) is 0 Å². The molecule has 0 N–H and O–H groups in total. The lowest BCUT2D eigenvalue weighted by Crippen LogP contribution is -2.33. The Morgan fingerprint density at radius 1 is 1.21 bits per heavy atom. The fourth-order valence-corrected chi connectivity index (χ4v) is 4.17. The average molecular weight is 266 g/mol. The standard InChI is InChI=1S/C13H14O6/c1-18-11(15)6-2-5(4-14)9-7-3-8(10(6)9)13(17)19-12(7)16/h4-10H,2-3H2,1H3. The highest BCUT2D eigenvalue weighted by atomic mass is 16.6. The second kappa shape index (κ2) is 4.15. The van der Waals surface area contributed by atoms with E-state index >= 15 is 0 Å². The van der Waals surface area contributed by atoms with Crippen LogP contribution in [0.1, 0.15) is 12.8 Å². The smallest absolute Gasteiger partial charge is 0.316 e. The van der Waals surface area contributed by atoms with Gasteiger partial charge in [-0.15, -0.1) is 0 Å². The van der Waals surface area contributed by atoms with Crippen LogP contribution in [0, 0.1) is 35.5 Å². The largest absolute Gasteiger partial charge is 0.469 e. The first-order chi connectivity index (χ1) is 9.08. The number of cyclic esters (lactones) is 2. The van der Waals surface area contributed by atoms with Crippen molar-refractivity contribution in [2.24, 2.45) is 35.5 Å². The zero-order chi connectivity index (χ0) is 13.7. The Labute approximate surface area is 109 Å². The van der Waals surface area contributed by atoms with E-state index in [1.807, 2.05) is 0 Å². The summed E-state index contributed by atoms with van der Waals surface area (Å²) >= 11 is 0. The molecule has 6 nitrogen and oxygen atoms in total. The van der Waals surface area contributed by atoms with Crippen LogP contribution in [0.25, 0.3) is 0 Å². The molecule has 1 aliphatic heterocycles. The zero-order valence-corrected chi connectivity index (χ0v) is 10.4. The van der Waals surface area contributed by atoms with E-state index in [1.54, 1.807) is 0 Å². The number of fused-ring (bicyclic) bond motifs is 5. The van der Waals surface area contributed by atoms with E-state index in [9.17, 15) is 19.2 Å². The first-order valence-corrected chi connectivity index (χ1v) is 6.37. The molecule has 6 atom stereocenters. The highest BCUT2D eigenvalue weighted by Gasteiger charge is 2.64. The summed E-state index contributed by atoms with van der Waals surface area (Å²) in [7, 11) is 1.29. The molecule has 0 spiro atoms. The van der Waals surface area contributed by atoms with Crippen LogP contribution in [-0.2, 0) is 28.7 Å². The third kappa shape index (κ3) is 1.55. The lowest BCUT2D eigenvalue weighted by atomic mass is 9.83. The summed E-state index contributed by atoms with van der Waals surface area (Å²) in [4.78, 5) is 46.5. The van der Waals surface area contributed by atoms with Crippen LogP contribution in [0.3, 0.4) is 0 Å². The van der Waals surface area contributed by atoms with Gasteiger partial charge in [-0.1, -0.05) is 0 Å². The van der Waals surface area contributed by atoms with Gasteiger partial charge in [-0.05, 0) is 24.7 Å². The molecule has 6 heteroatoms. The predicted octanol–water partition coefficient (Wildman–Crippen LogP) is -0.0537. The van der Waals surface area contributed by atoms with Crippen molar-refractivity contribution in [2.45, 2.75) is 12.8 Å². The van der Waals surface area contributed by atoms with Crippen LogP contribution in [0.5, 0.6) is 0 Å². The first kappa shape index (κ1) is 12.3. The normalized spacial score (nSPS) is 43.6. The van der Waals surface area contributed by atoms with Crippen molar-refractivity contribution in [3.8, 4) is 0 Å². The average Bonchev–Trinajstić information content (AvgIpc) is 2.92. The van der Waals surface area contributed by atoms with Crippen LogP contribution in [0.4, 0.5) is 0 Å². The number of esters is 3. The van der Waals surface area contributed by atoms with Crippen molar-refractivity contribution in [3.05, 3.63) is 0 Å². The molecule has 0 amide bonds. The highest BCUT2D eigenvalue weighted by Crippen LogP contribution is 2.58. The molecular weight excluding hydrogens is 252 g/mol. The first-order valence-electron chi connectivity index (χ1n) is 6.37. The third-order valence-electron chi connectivity index (χ3n) is 4.85. The molecule has 6 unspecified atom stereocenters. The summed E-state index contributed by atoms with van der Waals surface area (Å²) in [5.74, 6) is -3.83. The molecule has 1 saturated heterocycles. The van der Waals surface area contributed by atoms with Gasteiger partial charge in [0.2, 0.25) is 0 Å². The van der Waals surface area contributed by atoms with Gasteiger partial charge in [-0.2, -0.15) is 0 Å². The van der Waals surface area contributed by atoms with Gasteiger partial charge in [0.05, 0.1) is 24.9 Å². The molecule has 19 heavy (non-hydrogen) atoms. The molecule has 0 aromatic heterocycles. The van der Waals surface area contributed by atoms with Gasteiger partial charge in [-0.3, -0.25) is 14.4 Å². The summed E-state index contributed by atoms with van der Waals surface area (Å²) in [6.45, 7) is 0. The lowest BCUT2D eigenvalue weighted by molar-refractivity contribution is -0.170. The number of hydrogen-bond donors (Lipinski definition) is 0. The molecule has 3 aliphatic rings. The molecule has 3 rings (SSSR count). The van der Waals surface area contributed by atoms with Gasteiger partial charge in [0, 0.05) is 5.92 Å². The number of aldehydes is 1. The number of methoxy groups -OCH3 is 1. The fourth-order valence-electron chi connectivity index (χ4n) is 4.17. The Balaban J connectivity index is 2.00. The van der Waals surface area contributed by atoms with Crippen LogP contribution >= 0.6 is 0 Å². The Kier molecular flexibility index (Phi) is 2.69. The number of ether oxygens (including phenoxy) is 2. The molecule has 2 bridgehead atoms. The Morgan fingerprint density at radius 3 is 2.42 bits per heavy atom. The van der Waals surface area contributed by atoms with Crippen LogP contribution in [-0.4, -0.2) is 31.3 Å². The maximum atomic E-state index is 11.8. The third-order valence-corrected chi connectivity index (χ3v) is 4.85. The maximum Gasteiger partial charge on any atom is 0.316 e. The molecule has 0 radical (unpaired) electrons. The van der Waals surface area contributed by atoms with Crippen molar-refractivity contribution in [3.63, 3.8) is 0 Å². The zero-order valence-electron chi connectivity index (χ0n) is 10.4. The van der Waals surface area contributed by atoms with E-state index < -0.39 is 35.7 Å². The Hall–Kier alpha value is -1.72. The monoisotopic (exact) mass is 266 g/mol. The summed E-state index contributed by atoms with van der Waals surface area (Å²) < 4.78 is 9.47. The fraction of sp³-hybridized carbons (Fsp3) is 0.692. The molecule has 2 saturated carbocycles. The molecule has 2 aliphatic carbocycles. The molecule has 1 heterocycles. The van der Waals surface area contributed by atoms with Crippen molar-refractivity contribution in [2.75, 3.05) is 7.11 Å². The van der Waals surface area contributed by atoms with Crippen molar-refractivity contribution in [1.29, 1.82) is 0 Å². The second-order valence-electron chi connectivity index (χ2n) is 5.51. The molecule has 0 aromatic carbocycles. The Morgan fingerprint density at radius 2 is 1.84 bits per heavy atom. The predicted molar refractivity (Wildman–Crippen MR) is 59.4 cm³/mol. The minimum absolute atomic E-state index is 0.259. The molecular formula is C13H14O6. The van der Waals surface area contributed by atoms with E-state index in [0.29, 0.717) is 12.8 Å². The number of rotatable bonds is 2. The minimum Gasteiger partial charge on any atom is -0.469 e. The van der Waals surface area contributed by atoms with Crippen LogP contribution in [0.15, 0.2) is 0 Å². The van der Waals surface area contributed by atoms with E-state index in [-0.39, 0.29) is 17.8 Å². The van der Waals surface area contributed by atoms with Gasteiger partial charge in [-0.25, -0.2) is 0 Å². The number of carbonyl (C=O) groups excluding carboxylic acids is 4. The molecule has 102 valence electrons. The summed E-state index contributed by atoms with van der Waals surface area (Å²) in [5.41, 5.74) is 0. The molecule has 0 aromatic rings. The van der Waals surface area contributed by atoms with Gasteiger partial charge in [0.25, 0.3) is 0 Å². The van der Waals surface area contributed by atoms with E-state index in [1.165, 1.54) is 7.11 Å². The van der Waals surface area contributed by atoms with Gasteiger partial charge >= 0.3 is 17.9 Å². The summed E-state index contributed by atoms with van der Waals surface area (Å²) in [6.07, 6.45) is 1.54. The highest BCUT2D eigenvalue weighted by molar-refractivity contribution is 5.93. The maximum absolute atomic E-state index is 11.8. The van der Waals surface area contributed by atoms with Gasteiger partial charge < -0.3 is 14.3 Å². The second-order valence-corrected chi connectivity index (χ2v) is 5.51. The number of carbonyl (C=O) groups is 4. The molecule has 3 fully saturated rings. The van der Waals surface area contributed by atoms with E-state index in [0.717, 1.165) is 6.29 Å². The quantitative estimate of drug-likeness (QED) is 0.395. The van der Waals surface area contributed by atoms with Gasteiger partial charge in [0.1, 0.15) is 6.29 Å². The van der Waals surface area contributed by atoms with E-state index in [2.05, 4.69) is 0 Å². The van der Waals surface area contributed by atoms with Crippen molar-refractivity contribution >= 4 is 24.2 Å². The topological polar surface area (TPSA) is 86.7 Å². The summed E-state index contributed by atoms with van der Waals surface area (Å²) in [6, 6.07) is 0.